The molecule has 0 aliphatic rings. The van der Waals surface area contributed by atoms with E-state index in [1.54, 1.807) is 0 Å². The Balaban J connectivity index is 5.28. The number of carbonyl (C=O) groups is 4. The minimum Gasteiger partial charge on any atom is -0.462 e. The van der Waals surface area contributed by atoms with Gasteiger partial charge in [-0.05, 0) is 49.4 Å². The molecule has 0 amide bonds. The van der Waals surface area contributed by atoms with E-state index < -0.39 is 97.5 Å². The SMILES string of the molecule is CCC(C)CCCCCCCCCCC(=O)O[C@H](COC(=O)CCCCCCCCCC(C)C)COP(=O)(O)OCC(O)COP(=O)(O)OC[C@@H](COC(=O)CCCCCCCCC(C)CC)OC(=O)CCCCCCCCCCC(C)CC. The standard InChI is InChI=1S/C65H126O17P2/c1-9-56(6)42-34-26-18-12-14-20-31-39-47-64(69)81-60(51-75-62(67)45-37-29-22-16-17-25-33-41-55(4)5)53-79-83(71,72)77-49-59(66)50-78-84(73,74)80-54-61(52-76-63(68)46-38-30-24-23-28-36-44-58(8)11-3)82-65(70)48-40-32-21-15-13-19-27-35-43-57(7)10-2/h55-61,66H,9-54H2,1-8H3,(H,71,72)(H,73,74)/t56?,57?,58?,59?,60-,61-/m1/s1. The van der Waals surface area contributed by atoms with Crippen LogP contribution < -0.4 is 0 Å². The summed E-state index contributed by atoms with van der Waals surface area (Å²) in [6.45, 7) is 14.0. The maximum Gasteiger partial charge on any atom is 0.472 e. The van der Waals surface area contributed by atoms with Crippen LogP contribution in [0.1, 0.15) is 312 Å². The summed E-state index contributed by atoms with van der Waals surface area (Å²) < 4.78 is 68.0. The lowest BCUT2D eigenvalue weighted by molar-refractivity contribution is -0.161. The van der Waals surface area contributed by atoms with Crippen LogP contribution in [0, 0.1) is 23.7 Å². The predicted molar refractivity (Wildman–Crippen MR) is 335 cm³/mol. The van der Waals surface area contributed by atoms with Crippen molar-refractivity contribution in [3.63, 3.8) is 0 Å². The van der Waals surface area contributed by atoms with E-state index in [2.05, 4.69) is 55.4 Å². The number of phosphoric acid groups is 2. The number of aliphatic hydroxyl groups is 1. The minimum atomic E-state index is -4.95. The summed E-state index contributed by atoms with van der Waals surface area (Å²) >= 11 is 0. The van der Waals surface area contributed by atoms with Crippen LogP contribution in [-0.4, -0.2) is 96.7 Å². The molecule has 0 spiro atoms. The lowest BCUT2D eigenvalue weighted by Gasteiger charge is -2.21. The maximum atomic E-state index is 13.0. The number of hydrogen-bond acceptors (Lipinski definition) is 15. The van der Waals surface area contributed by atoms with Crippen LogP contribution >= 0.6 is 15.6 Å². The van der Waals surface area contributed by atoms with E-state index in [0.717, 1.165) is 120 Å². The predicted octanol–water partition coefficient (Wildman–Crippen LogP) is 17.8. The monoisotopic (exact) mass is 1240 g/mol. The number of ether oxygens (including phenoxy) is 4. The quantitative estimate of drug-likeness (QED) is 0.0222. The summed E-state index contributed by atoms with van der Waals surface area (Å²) in [5, 5.41) is 10.5. The summed E-state index contributed by atoms with van der Waals surface area (Å²) in [5.41, 5.74) is 0. The number of phosphoric ester groups is 2. The van der Waals surface area contributed by atoms with E-state index in [1.165, 1.54) is 103 Å². The molecule has 8 atom stereocenters. The molecule has 17 nitrogen and oxygen atoms in total. The van der Waals surface area contributed by atoms with Crippen LogP contribution in [0.25, 0.3) is 0 Å². The summed E-state index contributed by atoms with van der Waals surface area (Å²) in [7, 11) is -9.89. The lowest BCUT2D eigenvalue weighted by Crippen LogP contribution is -2.30. The number of aliphatic hydroxyl groups excluding tert-OH is 1. The Morgan fingerprint density at radius 1 is 0.333 bits per heavy atom. The topological polar surface area (TPSA) is 237 Å². The van der Waals surface area contributed by atoms with Gasteiger partial charge in [0.1, 0.15) is 19.3 Å². The third-order valence-electron chi connectivity index (χ3n) is 15.9. The third kappa shape index (κ3) is 55.4. The van der Waals surface area contributed by atoms with E-state index in [1.807, 2.05) is 0 Å². The van der Waals surface area contributed by atoms with Crippen LogP contribution in [0.5, 0.6) is 0 Å². The van der Waals surface area contributed by atoms with Crippen molar-refractivity contribution >= 4 is 39.5 Å². The van der Waals surface area contributed by atoms with Crippen molar-refractivity contribution in [3.05, 3.63) is 0 Å². The van der Waals surface area contributed by atoms with E-state index in [0.29, 0.717) is 31.6 Å². The highest BCUT2D eigenvalue weighted by Gasteiger charge is 2.30. The van der Waals surface area contributed by atoms with Gasteiger partial charge in [0.05, 0.1) is 26.4 Å². The lowest BCUT2D eigenvalue weighted by atomic mass is 9.99. The average Bonchev–Trinajstić information content (AvgIpc) is 3.60. The molecule has 0 saturated carbocycles. The molecule has 0 aromatic carbocycles. The first kappa shape index (κ1) is 82.1. The fourth-order valence-electron chi connectivity index (χ4n) is 9.51. The molecule has 0 aromatic heterocycles. The number of rotatable bonds is 62. The molecule has 3 N–H and O–H groups in total. The van der Waals surface area contributed by atoms with Crippen LogP contribution in [0.4, 0.5) is 0 Å². The number of unbranched alkanes of at least 4 members (excludes halogenated alkanes) is 25. The second-order valence-corrected chi connectivity index (χ2v) is 27.6. The molecule has 0 saturated heterocycles. The van der Waals surface area contributed by atoms with Crippen LogP contribution in [0.3, 0.4) is 0 Å². The minimum absolute atomic E-state index is 0.103. The molecule has 0 bridgehead atoms. The molecule has 0 fully saturated rings. The van der Waals surface area contributed by atoms with Gasteiger partial charge in [-0.25, -0.2) is 9.13 Å². The second-order valence-electron chi connectivity index (χ2n) is 24.7. The van der Waals surface area contributed by atoms with Gasteiger partial charge in [-0.2, -0.15) is 0 Å². The largest absolute Gasteiger partial charge is 0.472 e. The highest BCUT2D eigenvalue weighted by Crippen LogP contribution is 2.45. The fourth-order valence-corrected chi connectivity index (χ4v) is 11.1. The molecule has 0 radical (unpaired) electrons. The smallest absolute Gasteiger partial charge is 0.462 e. The van der Waals surface area contributed by atoms with Crippen LogP contribution in [0.15, 0.2) is 0 Å². The van der Waals surface area contributed by atoms with Crippen molar-refractivity contribution in [3.8, 4) is 0 Å². The normalized spacial score (nSPS) is 15.4. The van der Waals surface area contributed by atoms with Gasteiger partial charge in [0.2, 0.25) is 0 Å². The zero-order chi connectivity index (χ0) is 62.5. The van der Waals surface area contributed by atoms with Crippen molar-refractivity contribution in [2.45, 2.75) is 331 Å². The summed E-state index contributed by atoms with van der Waals surface area (Å²) in [6.07, 6.45) is 34.8. The molecule has 0 rings (SSSR count). The number of hydrogen-bond donors (Lipinski definition) is 3. The molecule has 0 heterocycles. The van der Waals surface area contributed by atoms with Gasteiger partial charge in [0.15, 0.2) is 12.2 Å². The van der Waals surface area contributed by atoms with Crippen molar-refractivity contribution in [2.75, 3.05) is 39.6 Å². The average molecular weight is 1240 g/mol. The Kier molecular flexibility index (Phi) is 53.9. The van der Waals surface area contributed by atoms with Gasteiger partial charge in [-0.15, -0.1) is 0 Å². The molecule has 0 aliphatic heterocycles. The summed E-state index contributed by atoms with van der Waals surface area (Å²) in [5.74, 6) is 0.834. The highest BCUT2D eigenvalue weighted by atomic mass is 31.2. The van der Waals surface area contributed by atoms with Gasteiger partial charge in [0.25, 0.3) is 0 Å². The zero-order valence-corrected chi connectivity index (χ0v) is 56.3. The molecule has 6 unspecified atom stereocenters. The van der Waals surface area contributed by atoms with E-state index in [9.17, 15) is 43.2 Å². The van der Waals surface area contributed by atoms with Crippen molar-refractivity contribution in [1.29, 1.82) is 0 Å². The second kappa shape index (κ2) is 55.2. The van der Waals surface area contributed by atoms with Crippen LogP contribution in [-0.2, 0) is 65.4 Å². The first-order chi connectivity index (χ1) is 40.2. The molecule has 19 heteroatoms. The fraction of sp³-hybridized carbons (Fsp3) is 0.938. The van der Waals surface area contributed by atoms with Gasteiger partial charge in [0, 0.05) is 25.7 Å². The molecular weight excluding hydrogens is 1110 g/mol. The Hall–Kier alpha value is -1.94. The Labute approximate surface area is 511 Å². The molecule has 0 aromatic rings. The van der Waals surface area contributed by atoms with E-state index in [4.69, 9.17) is 37.0 Å². The molecular formula is C65H126O17P2. The zero-order valence-electron chi connectivity index (χ0n) is 54.5. The first-order valence-electron chi connectivity index (χ1n) is 33.8. The molecule has 498 valence electrons. The Morgan fingerprint density at radius 2 is 0.571 bits per heavy atom. The molecule has 84 heavy (non-hydrogen) atoms. The van der Waals surface area contributed by atoms with Gasteiger partial charge >= 0.3 is 39.5 Å². The van der Waals surface area contributed by atoms with Crippen molar-refractivity contribution < 1.29 is 80.2 Å². The van der Waals surface area contributed by atoms with Crippen LogP contribution in [0.2, 0.25) is 0 Å². The van der Waals surface area contributed by atoms with Gasteiger partial charge in [-0.3, -0.25) is 37.3 Å². The number of carbonyl (C=O) groups excluding carboxylic acids is 4. The number of esters is 4. The van der Waals surface area contributed by atoms with E-state index >= 15 is 0 Å². The summed E-state index contributed by atoms with van der Waals surface area (Å²) in [4.78, 5) is 72.3. The van der Waals surface area contributed by atoms with Gasteiger partial charge in [-0.1, -0.05) is 261 Å². The van der Waals surface area contributed by atoms with E-state index in [-0.39, 0.29) is 25.7 Å². The Morgan fingerprint density at radius 3 is 0.845 bits per heavy atom. The summed E-state index contributed by atoms with van der Waals surface area (Å²) in [6, 6.07) is 0. The molecule has 0 aliphatic carbocycles. The third-order valence-corrected chi connectivity index (χ3v) is 17.8. The maximum absolute atomic E-state index is 13.0. The highest BCUT2D eigenvalue weighted by molar-refractivity contribution is 7.47. The Bertz CT molecular complexity index is 1680. The first-order valence-corrected chi connectivity index (χ1v) is 36.8. The van der Waals surface area contributed by atoms with Crippen molar-refractivity contribution in [1.82, 2.24) is 0 Å². The van der Waals surface area contributed by atoms with Gasteiger partial charge < -0.3 is 33.8 Å². The van der Waals surface area contributed by atoms with Crippen molar-refractivity contribution in [2.24, 2.45) is 23.7 Å².